The topological polar surface area (TPSA) is 115 Å². The number of fused-ring (bicyclic) bond motifs is 2. The number of urea groups is 1. The van der Waals surface area contributed by atoms with Gasteiger partial charge in [0.2, 0.25) is 5.91 Å². The van der Waals surface area contributed by atoms with Crippen LogP contribution in [0.1, 0.15) is 12.5 Å². The van der Waals surface area contributed by atoms with Crippen LogP contribution in [0.15, 0.2) is 42.5 Å². The molecule has 0 radical (unpaired) electrons. The van der Waals surface area contributed by atoms with Crippen molar-refractivity contribution < 1.29 is 33.3 Å². The third kappa shape index (κ3) is 3.88. The molecule has 2 aromatic rings. The van der Waals surface area contributed by atoms with Gasteiger partial charge in [-0.05, 0) is 36.8 Å². The van der Waals surface area contributed by atoms with E-state index in [-0.39, 0.29) is 19.3 Å². The van der Waals surface area contributed by atoms with Crippen molar-refractivity contribution in [3.63, 3.8) is 0 Å². The van der Waals surface area contributed by atoms with Crippen LogP contribution in [0, 0.1) is 0 Å². The first-order valence-electron chi connectivity index (χ1n) is 10.6. The summed E-state index contributed by atoms with van der Waals surface area (Å²) in [6.07, 6.45) is -0.380. The second kappa shape index (κ2) is 8.19. The number of nitrogens with one attached hydrogen (secondary N) is 2. The van der Waals surface area contributed by atoms with Crippen molar-refractivity contribution in [3.05, 3.63) is 48.0 Å². The molecule has 1 fully saturated rings. The zero-order valence-corrected chi connectivity index (χ0v) is 18.0. The maximum atomic E-state index is 13.1. The van der Waals surface area contributed by atoms with E-state index in [0.29, 0.717) is 41.8 Å². The maximum Gasteiger partial charge on any atom is 0.325 e. The van der Waals surface area contributed by atoms with Crippen LogP contribution in [0.2, 0.25) is 0 Å². The van der Waals surface area contributed by atoms with E-state index in [1.54, 1.807) is 37.3 Å². The number of benzene rings is 2. The van der Waals surface area contributed by atoms with Crippen LogP contribution in [0.4, 0.5) is 4.79 Å². The first kappa shape index (κ1) is 20.9. The summed E-state index contributed by atoms with van der Waals surface area (Å²) in [5.74, 6) is 1.34. The molecule has 10 nitrogen and oxygen atoms in total. The molecule has 1 saturated heterocycles. The number of hydrogen-bond donors (Lipinski definition) is 2. The van der Waals surface area contributed by atoms with Crippen LogP contribution in [0.5, 0.6) is 23.0 Å². The molecule has 0 bridgehead atoms. The third-order valence-electron chi connectivity index (χ3n) is 5.79. The quantitative estimate of drug-likeness (QED) is 0.654. The van der Waals surface area contributed by atoms with E-state index in [0.717, 1.165) is 4.90 Å². The summed E-state index contributed by atoms with van der Waals surface area (Å²) in [5.41, 5.74) is -0.781. The van der Waals surface area contributed by atoms with Crippen LogP contribution in [-0.2, 0) is 15.1 Å². The van der Waals surface area contributed by atoms with E-state index >= 15 is 0 Å². The molecule has 3 heterocycles. The van der Waals surface area contributed by atoms with Gasteiger partial charge in [0.05, 0.1) is 6.54 Å². The highest BCUT2D eigenvalue weighted by Crippen LogP contribution is 2.37. The smallest absolute Gasteiger partial charge is 0.325 e. The molecule has 5 rings (SSSR count). The first-order chi connectivity index (χ1) is 15.9. The van der Waals surface area contributed by atoms with Crippen molar-refractivity contribution in [3.8, 4) is 23.0 Å². The van der Waals surface area contributed by atoms with Crippen molar-refractivity contribution >= 4 is 17.8 Å². The van der Waals surface area contributed by atoms with Crippen molar-refractivity contribution in [2.45, 2.75) is 18.6 Å². The Morgan fingerprint density at radius 3 is 2.61 bits per heavy atom. The van der Waals surface area contributed by atoms with E-state index < -0.39 is 29.9 Å². The lowest BCUT2D eigenvalue weighted by Gasteiger charge is -2.27. The lowest BCUT2D eigenvalue weighted by Crippen LogP contribution is -2.46. The molecular weight excluding hydrogens is 430 g/mol. The molecule has 0 unspecified atom stereocenters. The Labute approximate surface area is 189 Å². The number of imide groups is 1. The van der Waals surface area contributed by atoms with Gasteiger partial charge in [0.1, 0.15) is 38.0 Å². The van der Waals surface area contributed by atoms with Crippen molar-refractivity contribution in [2.75, 3.05) is 32.9 Å². The minimum atomic E-state index is -1.32. The fourth-order valence-electron chi connectivity index (χ4n) is 3.98. The van der Waals surface area contributed by atoms with E-state index in [1.807, 2.05) is 12.1 Å². The Kier molecular flexibility index (Phi) is 5.20. The Morgan fingerprint density at radius 2 is 1.79 bits per heavy atom. The minimum Gasteiger partial charge on any atom is -0.486 e. The summed E-state index contributed by atoms with van der Waals surface area (Å²) < 4.78 is 22.5. The average molecular weight is 453 g/mol. The lowest BCUT2D eigenvalue weighted by molar-refractivity contribution is -0.134. The largest absolute Gasteiger partial charge is 0.486 e. The van der Waals surface area contributed by atoms with Gasteiger partial charge in [-0.2, -0.15) is 0 Å². The van der Waals surface area contributed by atoms with Gasteiger partial charge in [0.15, 0.2) is 23.0 Å². The molecule has 172 valence electrons. The van der Waals surface area contributed by atoms with Gasteiger partial charge < -0.3 is 29.6 Å². The highest BCUT2D eigenvalue weighted by molar-refractivity contribution is 6.09. The van der Waals surface area contributed by atoms with Gasteiger partial charge >= 0.3 is 6.03 Å². The summed E-state index contributed by atoms with van der Waals surface area (Å²) >= 11 is 0. The summed E-state index contributed by atoms with van der Waals surface area (Å²) in [4.78, 5) is 39.1. The third-order valence-corrected chi connectivity index (χ3v) is 5.79. The minimum absolute atomic E-state index is 0.177. The summed E-state index contributed by atoms with van der Waals surface area (Å²) in [6, 6.07) is 11.7. The lowest BCUT2D eigenvalue weighted by atomic mass is 9.91. The van der Waals surface area contributed by atoms with Gasteiger partial charge in [0.25, 0.3) is 5.91 Å². The highest BCUT2D eigenvalue weighted by Gasteiger charge is 2.49. The first-order valence-corrected chi connectivity index (χ1v) is 10.6. The molecule has 3 aliphatic rings. The highest BCUT2D eigenvalue weighted by atomic mass is 16.6. The number of carbonyl (C=O) groups excluding carboxylic acids is 3. The molecule has 3 aliphatic heterocycles. The zero-order chi connectivity index (χ0) is 23.0. The standard InChI is InChI=1S/C23H23N3O7/c1-23(14-6-7-17-19(10-14)31-9-8-30-17)21(28)26(22(29)25-23)12-20(27)24-11-15-13-32-16-4-2-3-5-18(16)33-15/h2-7,10,15H,8-9,11-13H2,1H3,(H,24,27)(H,25,29)/t15-,23-/m1/s1. The number of amides is 4. The predicted molar refractivity (Wildman–Crippen MR) is 114 cm³/mol. The fourth-order valence-corrected chi connectivity index (χ4v) is 3.98. The summed E-state index contributed by atoms with van der Waals surface area (Å²) in [7, 11) is 0. The second-order valence-corrected chi connectivity index (χ2v) is 8.11. The average Bonchev–Trinajstić information content (AvgIpc) is 3.06. The number of ether oxygens (including phenoxy) is 4. The molecule has 2 N–H and O–H groups in total. The van der Waals surface area contributed by atoms with Gasteiger partial charge in [-0.1, -0.05) is 18.2 Å². The van der Waals surface area contributed by atoms with Crippen LogP contribution in [0.3, 0.4) is 0 Å². The monoisotopic (exact) mass is 453 g/mol. The Morgan fingerprint density at radius 1 is 1.06 bits per heavy atom. The number of carbonyl (C=O) groups is 3. The number of hydrogen-bond acceptors (Lipinski definition) is 7. The Hall–Kier alpha value is -3.95. The molecule has 2 aromatic carbocycles. The van der Waals surface area contributed by atoms with Gasteiger partial charge in [-0.3, -0.25) is 14.5 Å². The number of nitrogens with zero attached hydrogens (tertiary/aromatic N) is 1. The Balaban J connectivity index is 1.21. The molecule has 0 saturated carbocycles. The molecule has 0 aliphatic carbocycles. The summed E-state index contributed by atoms with van der Waals surface area (Å²) in [5, 5.41) is 5.40. The number of para-hydroxylation sites is 2. The molecule has 0 aromatic heterocycles. The van der Waals surface area contributed by atoms with Crippen LogP contribution in [0.25, 0.3) is 0 Å². The predicted octanol–water partition coefficient (Wildman–Crippen LogP) is 1.18. The summed E-state index contributed by atoms with van der Waals surface area (Å²) in [6.45, 7) is 2.50. The van der Waals surface area contributed by atoms with E-state index in [2.05, 4.69) is 10.6 Å². The van der Waals surface area contributed by atoms with Gasteiger partial charge in [-0.15, -0.1) is 0 Å². The van der Waals surface area contributed by atoms with Crippen LogP contribution in [-0.4, -0.2) is 61.8 Å². The SMILES string of the molecule is C[C@]1(c2ccc3c(c2)OCCO3)NC(=O)N(CC(=O)NC[C@@H]2COc3ccccc3O2)C1=O. The second-order valence-electron chi connectivity index (χ2n) is 8.11. The van der Waals surface area contributed by atoms with Gasteiger partial charge in [0, 0.05) is 0 Å². The van der Waals surface area contributed by atoms with Crippen molar-refractivity contribution in [2.24, 2.45) is 0 Å². The zero-order valence-electron chi connectivity index (χ0n) is 18.0. The van der Waals surface area contributed by atoms with Gasteiger partial charge in [-0.25, -0.2) is 4.79 Å². The molecule has 10 heteroatoms. The Bertz CT molecular complexity index is 1120. The number of rotatable bonds is 5. The van der Waals surface area contributed by atoms with E-state index in [1.165, 1.54) is 0 Å². The molecule has 2 atom stereocenters. The molecule has 0 spiro atoms. The molecule has 33 heavy (non-hydrogen) atoms. The van der Waals surface area contributed by atoms with Crippen LogP contribution >= 0.6 is 0 Å². The maximum absolute atomic E-state index is 13.1. The van der Waals surface area contributed by atoms with Crippen molar-refractivity contribution in [1.82, 2.24) is 15.5 Å². The normalized spacial score (nSPS) is 23.2. The van der Waals surface area contributed by atoms with E-state index in [9.17, 15) is 14.4 Å². The van der Waals surface area contributed by atoms with E-state index in [4.69, 9.17) is 18.9 Å². The van der Waals surface area contributed by atoms with Crippen LogP contribution < -0.4 is 29.6 Å². The fraction of sp³-hybridized carbons (Fsp3) is 0.348. The van der Waals surface area contributed by atoms with Crippen molar-refractivity contribution in [1.29, 1.82) is 0 Å². The molecule has 4 amide bonds. The molecular formula is C23H23N3O7.